The molecule has 33 heavy (non-hydrogen) atoms. The lowest BCUT2D eigenvalue weighted by Gasteiger charge is -2.22. The van der Waals surface area contributed by atoms with Crippen LogP contribution in [0, 0.1) is 0 Å². The van der Waals surface area contributed by atoms with Crippen molar-refractivity contribution in [3.8, 4) is 17.2 Å². The molecule has 1 amide bonds. The standard InChI is InChI=1S/C27H29BrN2O3/c1-32-25-12-4-5-13-26(25)33-23-10-6-8-21(18-23)20-29-14-7-15-30(17-16-29)27(31)19-22-9-2-3-11-24(22)28/h2-6,8-13,18H,7,14-17,19-20H2,1H3. The van der Waals surface area contributed by atoms with Gasteiger partial charge in [-0.15, -0.1) is 0 Å². The van der Waals surface area contributed by atoms with Crippen LogP contribution in [0.15, 0.2) is 77.3 Å². The van der Waals surface area contributed by atoms with Crippen molar-refractivity contribution in [3.05, 3.63) is 88.4 Å². The number of halogens is 1. The number of benzene rings is 3. The summed E-state index contributed by atoms with van der Waals surface area (Å²) < 4.78 is 12.4. The van der Waals surface area contributed by atoms with E-state index < -0.39 is 0 Å². The number of methoxy groups -OCH3 is 1. The molecule has 0 unspecified atom stereocenters. The number of rotatable bonds is 7. The Kier molecular flexibility index (Phi) is 8.02. The number of hydrogen-bond donors (Lipinski definition) is 0. The van der Waals surface area contributed by atoms with E-state index in [0.29, 0.717) is 17.9 Å². The molecule has 0 saturated carbocycles. The minimum atomic E-state index is 0.191. The van der Waals surface area contributed by atoms with Gasteiger partial charge in [0.2, 0.25) is 5.91 Å². The van der Waals surface area contributed by atoms with Crippen molar-refractivity contribution in [1.82, 2.24) is 9.80 Å². The molecule has 0 atom stereocenters. The van der Waals surface area contributed by atoms with E-state index in [1.807, 2.05) is 65.6 Å². The Hall–Kier alpha value is -2.83. The van der Waals surface area contributed by atoms with E-state index in [-0.39, 0.29) is 5.91 Å². The van der Waals surface area contributed by atoms with Crippen LogP contribution in [0.5, 0.6) is 17.2 Å². The van der Waals surface area contributed by atoms with Crippen molar-refractivity contribution in [1.29, 1.82) is 0 Å². The Morgan fingerprint density at radius 2 is 1.70 bits per heavy atom. The van der Waals surface area contributed by atoms with E-state index >= 15 is 0 Å². The average Bonchev–Trinajstić information content (AvgIpc) is 3.07. The summed E-state index contributed by atoms with van der Waals surface area (Å²) in [5.41, 5.74) is 2.23. The molecule has 6 heteroatoms. The third kappa shape index (κ3) is 6.36. The maximum absolute atomic E-state index is 12.9. The lowest BCUT2D eigenvalue weighted by atomic mass is 10.1. The molecule has 0 bridgehead atoms. The maximum Gasteiger partial charge on any atom is 0.227 e. The van der Waals surface area contributed by atoms with Crippen LogP contribution in [0.2, 0.25) is 0 Å². The van der Waals surface area contributed by atoms with E-state index in [4.69, 9.17) is 9.47 Å². The van der Waals surface area contributed by atoms with Crippen LogP contribution in [-0.4, -0.2) is 49.0 Å². The fourth-order valence-corrected chi connectivity index (χ4v) is 4.52. The number of para-hydroxylation sites is 2. The van der Waals surface area contributed by atoms with Crippen LogP contribution in [-0.2, 0) is 17.8 Å². The molecule has 0 N–H and O–H groups in total. The zero-order chi connectivity index (χ0) is 23.0. The number of ether oxygens (including phenoxy) is 2. The molecule has 0 aliphatic carbocycles. The van der Waals surface area contributed by atoms with Crippen molar-refractivity contribution in [2.75, 3.05) is 33.3 Å². The molecular formula is C27H29BrN2O3. The molecular weight excluding hydrogens is 480 g/mol. The smallest absolute Gasteiger partial charge is 0.227 e. The SMILES string of the molecule is COc1ccccc1Oc1cccc(CN2CCCN(C(=O)Cc3ccccc3Br)CC2)c1. The average molecular weight is 509 g/mol. The van der Waals surface area contributed by atoms with E-state index in [2.05, 4.69) is 33.0 Å². The summed E-state index contributed by atoms with van der Waals surface area (Å²) >= 11 is 3.55. The number of carbonyl (C=O) groups excluding carboxylic acids is 1. The molecule has 1 aliphatic rings. The second-order valence-electron chi connectivity index (χ2n) is 8.18. The van der Waals surface area contributed by atoms with Crippen molar-refractivity contribution in [2.45, 2.75) is 19.4 Å². The highest BCUT2D eigenvalue weighted by molar-refractivity contribution is 9.10. The van der Waals surface area contributed by atoms with Gasteiger partial charge in [0.15, 0.2) is 11.5 Å². The van der Waals surface area contributed by atoms with Gasteiger partial charge in [-0.3, -0.25) is 9.69 Å². The normalized spacial score (nSPS) is 14.5. The van der Waals surface area contributed by atoms with Crippen LogP contribution in [0.4, 0.5) is 0 Å². The molecule has 3 aromatic carbocycles. The first-order chi connectivity index (χ1) is 16.1. The number of nitrogens with zero attached hydrogens (tertiary/aromatic N) is 2. The topological polar surface area (TPSA) is 42.0 Å². The van der Waals surface area contributed by atoms with Crippen LogP contribution in [0.25, 0.3) is 0 Å². The Bertz CT molecular complexity index is 1090. The van der Waals surface area contributed by atoms with Gasteiger partial charge < -0.3 is 14.4 Å². The van der Waals surface area contributed by atoms with Crippen LogP contribution in [0.3, 0.4) is 0 Å². The molecule has 0 aromatic heterocycles. The summed E-state index contributed by atoms with van der Waals surface area (Å²) in [7, 11) is 1.64. The van der Waals surface area contributed by atoms with Crippen LogP contribution < -0.4 is 9.47 Å². The first-order valence-corrected chi connectivity index (χ1v) is 12.0. The first kappa shape index (κ1) is 23.3. The molecule has 4 rings (SSSR count). The fraction of sp³-hybridized carbons (Fsp3) is 0.296. The van der Waals surface area contributed by atoms with Crippen molar-refractivity contribution >= 4 is 21.8 Å². The largest absolute Gasteiger partial charge is 0.493 e. The van der Waals surface area contributed by atoms with Crippen molar-refractivity contribution < 1.29 is 14.3 Å². The molecule has 0 radical (unpaired) electrons. The highest BCUT2D eigenvalue weighted by Gasteiger charge is 2.20. The van der Waals surface area contributed by atoms with Crippen LogP contribution >= 0.6 is 15.9 Å². The third-order valence-corrected chi connectivity index (χ3v) is 6.62. The second kappa shape index (κ2) is 11.3. The number of hydrogen-bond acceptors (Lipinski definition) is 4. The van der Waals surface area contributed by atoms with E-state index in [0.717, 1.165) is 54.9 Å². The minimum Gasteiger partial charge on any atom is -0.493 e. The third-order valence-electron chi connectivity index (χ3n) is 5.84. The predicted molar refractivity (Wildman–Crippen MR) is 134 cm³/mol. The van der Waals surface area contributed by atoms with Crippen molar-refractivity contribution in [2.24, 2.45) is 0 Å². The summed E-state index contributed by atoms with van der Waals surface area (Å²) in [5.74, 6) is 2.39. The first-order valence-electron chi connectivity index (χ1n) is 11.3. The molecule has 3 aromatic rings. The molecule has 0 spiro atoms. The lowest BCUT2D eigenvalue weighted by Crippen LogP contribution is -2.36. The van der Waals surface area contributed by atoms with Gasteiger partial charge in [0.05, 0.1) is 13.5 Å². The summed E-state index contributed by atoms with van der Waals surface area (Å²) in [6.45, 7) is 4.21. The Morgan fingerprint density at radius 3 is 2.52 bits per heavy atom. The number of carbonyl (C=O) groups is 1. The molecule has 172 valence electrons. The quantitative estimate of drug-likeness (QED) is 0.420. The van der Waals surface area contributed by atoms with Gasteiger partial charge in [-0.05, 0) is 47.9 Å². The summed E-state index contributed by atoms with van der Waals surface area (Å²) in [6.07, 6.45) is 1.41. The van der Waals surface area contributed by atoms with Gasteiger partial charge in [-0.2, -0.15) is 0 Å². The monoisotopic (exact) mass is 508 g/mol. The summed E-state index contributed by atoms with van der Waals surface area (Å²) in [6, 6.07) is 23.8. The zero-order valence-electron chi connectivity index (χ0n) is 18.9. The summed E-state index contributed by atoms with van der Waals surface area (Å²) in [4.78, 5) is 17.3. The lowest BCUT2D eigenvalue weighted by molar-refractivity contribution is -0.130. The van der Waals surface area contributed by atoms with Gasteiger partial charge >= 0.3 is 0 Å². The fourth-order valence-electron chi connectivity index (χ4n) is 4.09. The summed E-state index contributed by atoms with van der Waals surface area (Å²) in [5, 5.41) is 0. The molecule has 1 heterocycles. The molecule has 1 aliphatic heterocycles. The molecule has 5 nitrogen and oxygen atoms in total. The molecule has 1 saturated heterocycles. The Balaban J connectivity index is 1.34. The highest BCUT2D eigenvalue weighted by atomic mass is 79.9. The van der Waals surface area contributed by atoms with Crippen LogP contribution in [0.1, 0.15) is 17.5 Å². The van der Waals surface area contributed by atoms with E-state index in [9.17, 15) is 4.79 Å². The highest BCUT2D eigenvalue weighted by Crippen LogP contribution is 2.31. The number of amides is 1. The maximum atomic E-state index is 12.9. The van der Waals surface area contributed by atoms with Gasteiger partial charge in [0, 0.05) is 37.2 Å². The van der Waals surface area contributed by atoms with Gasteiger partial charge in [0.1, 0.15) is 5.75 Å². The predicted octanol–water partition coefficient (Wildman–Crippen LogP) is 5.53. The van der Waals surface area contributed by atoms with Crippen molar-refractivity contribution in [3.63, 3.8) is 0 Å². The molecule has 1 fully saturated rings. The van der Waals surface area contributed by atoms with Gasteiger partial charge in [-0.25, -0.2) is 0 Å². The minimum absolute atomic E-state index is 0.191. The van der Waals surface area contributed by atoms with Gasteiger partial charge in [0.25, 0.3) is 0 Å². The van der Waals surface area contributed by atoms with Gasteiger partial charge in [-0.1, -0.05) is 58.4 Å². The Labute approximate surface area is 204 Å². The Morgan fingerprint density at radius 1 is 0.909 bits per heavy atom. The second-order valence-corrected chi connectivity index (χ2v) is 9.03. The zero-order valence-corrected chi connectivity index (χ0v) is 20.5. The van der Waals surface area contributed by atoms with E-state index in [1.54, 1.807) is 7.11 Å². The van der Waals surface area contributed by atoms with E-state index in [1.165, 1.54) is 5.56 Å².